The molecule has 0 aliphatic carbocycles. The van der Waals surface area contributed by atoms with E-state index in [0.717, 1.165) is 28.0 Å². The van der Waals surface area contributed by atoms with E-state index in [4.69, 9.17) is 28.8 Å². The van der Waals surface area contributed by atoms with E-state index < -0.39 is 0 Å². The van der Waals surface area contributed by atoms with Gasteiger partial charge in [-0.2, -0.15) is 0 Å². The molecule has 6 heteroatoms. The molecular weight excluding hydrogens is 324 g/mol. The van der Waals surface area contributed by atoms with E-state index in [1.807, 2.05) is 0 Å². The Balaban J connectivity index is 2.71. The van der Waals surface area contributed by atoms with Crippen LogP contribution >= 0.6 is 0 Å². The maximum absolute atomic E-state index is 8.62. The first-order chi connectivity index (χ1) is 12.1. The Kier molecular flexibility index (Phi) is 10.7. The molecule has 0 bridgehead atoms. The van der Waals surface area contributed by atoms with Crippen molar-refractivity contribution in [1.82, 2.24) is 0 Å². The maximum atomic E-state index is 8.62. The predicted octanol–water partition coefficient (Wildman–Crippen LogP) is 2.31. The minimum Gasteiger partial charge on any atom is -0.491 e. The summed E-state index contributed by atoms with van der Waals surface area (Å²) in [4.78, 5) is 0. The van der Waals surface area contributed by atoms with Crippen LogP contribution in [0.15, 0.2) is 0 Å². The van der Waals surface area contributed by atoms with Gasteiger partial charge in [0, 0.05) is 14.2 Å². The zero-order valence-electron chi connectivity index (χ0n) is 16.1. The Hall–Kier alpha value is -1.18. The van der Waals surface area contributed by atoms with E-state index in [-0.39, 0.29) is 6.61 Å². The summed E-state index contributed by atoms with van der Waals surface area (Å²) in [5.74, 6) is 0.879. The molecule has 0 atom stereocenters. The Labute approximate surface area is 151 Å². The fourth-order valence-electron chi connectivity index (χ4n) is 2.83. The van der Waals surface area contributed by atoms with Crippen molar-refractivity contribution in [1.29, 1.82) is 0 Å². The molecule has 0 saturated heterocycles. The average molecular weight is 356 g/mol. The van der Waals surface area contributed by atoms with Gasteiger partial charge in [0.05, 0.1) is 46.2 Å². The maximum Gasteiger partial charge on any atom is 0.125 e. The van der Waals surface area contributed by atoms with Gasteiger partial charge < -0.3 is 28.8 Å². The number of aliphatic hydroxyl groups excluding tert-OH is 1. The number of hydrogen-bond acceptors (Lipinski definition) is 6. The van der Waals surface area contributed by atoms with Crippen LogP contribution in [-0.2, 0) is 32.2 Å². The van der Waals surface area contributed by atoms with Crippen molar-refractivity contribution in [3.8, 4) is 5.75 Å². The number of hydrogen-bond donors (Lipinski definition) is 1. The number of methoxy groups -OCH3 is 2. The van der Waals surface area contributed by atoms with E-state index in [9.17, 15) is 0 Å². The molecular formula is C19H32O6. The topological polar surface area (TPSA) is 66.4 Å². The van der Waals surface area contributed by atoms with Gasteiger partial charge in [0.2, 0.25) is 0 Å². The van der Waals surface area contributed by atoms with E-state index in [2.05, 4.69) is 20.8 Å². The summed E-state index contributed by atoms with van der Waals surface area (Å²) in [6.07, 6.45) is 0. The fourth-order valence-corrected chi connectivity index (χ4v) is 2.83. The molecule has 1 rings (SSSR count). The Bertz CT molecular complexity index is 482. The lowest BCUT2D eigenvalue weighted by atomic mass is 9.93. The van der Waals surface area contributed by atoms with Crippen LogP contribution in [-0.4, -0.2) is 59.0 Å². The molecule has 25 heavy (non-hydrogen) atoms. The van der Waals surface area contributed by atoms with Crippen molar-refractivity contribution < 1.29 is 28.8 Å². The third kappa shape index (κ3) is 6.56. The van der Waals surface area contributed by atoms with E-state index in [0.29, 0.717) is 46.2 Å². The average Bonchev–Trinajstić information content (AvgIpc) is 2.60. The summed E-state index contributed by atoms with van der Waals surface area (Å²) >= 11 is 0. The summed E-state index contributed by atoms with van der Waals surface area (Å²) in [7, 11) is 3.39. The minimum absolute atomic E-state index is 0.0305. The number of aliphatic hydroxyl groups is 1. The summed E-state index contributed by atoms with van der Waals surface area (Å²) in [6, 6.07) is 0. The molecule has 0 fully saturated rings. The van der Waals surface area contributed by atoms with Crippen LogP contribution in [0.5, 0.6) is 5.75 Å². The second-order valence-corrected chi connectivity index (χ2v) is 5.82. The molecule has 0 saturated carbocycles. The highest BCUT2D eigenvalue weighted by Gasteiger charge is 2.18. The summed E-state index contributed by atoms with van der Waals surface area (Å²) < 4.78 is 27.3. The zero-order chi connectivity index (χ0) is 18.7. The van der Waals surface area contributed by atoms with Gasteiger partial charge in [-0.05, 0) is 48.6 Å². The van der Waals surface area contributed by atoms with Gasteiger partial charge in [0.1, 0.15) is 12.4 Å². The Morgan fingerprint density at radius 3 is 1.64 bits per heavy atom. The van der Waals surface area contributed by atoms with Crippen LogP contribution in [0, 0.1) is 20.8 Å². The summed E-state index contributed by atoms with van der Waals surface area (Å²) in [6.45, 7) is 9.58. The molecule has 1 aromatic rings. The summed E-state index contributed by atoms with van der Waals surface area (Å²) in [5, 5.41) is 8.62. The molecule has 0 unspecified atom stereocenters. The van der Waals surface area contributed by atoms with Gasteiger partial charge in [-0.3, -0.25) is 0 Å². The molecule has 0 aliphatic rings. The second kappa shape index (κ2) is 12.2. The van der Waals surface area contributed by atoms with Crippen LogP contribution in [0.1, 0.15) is 27.8 Å². The van der Waals surface area contributed by atoms with E-state index in [1.165, 1.54) is 5.56 Å². The second-order valence-electron chi connectivity index (χ2n) is 5.82. The number of ether oxygens (including phenoxy) is 5. The highest BCUT2D eigenvalue weighted by Crippen LogP contribution is 2.34. The SMILES string of the molecule is COCc1c(C)c(COC)c(C)c(OCCOCCOCCO)c1C. The van der Waals surface area contributed by atoms with Crippen LogP contribution in [0.2, 0.25) is 0 Å². The van der Waals surface area contributed by atoms with Crippen molar-refractivity contribution >= 4 is 0 Å². The predicted molar refractivity (Wildman–Crippen MR) is 96.3 cm³/mol. The first kappa shape index (κ1) is 21.9. The Morgan fingerprint density at radius 2 is 1.16 bits per heavy atom. The molecule has 1 aromatic carbocycles. The molecule has 0 heterocycles. The molecule has 0 radical (unpaired) electrons. The summed E-state index contributed by atoms with van der Waals surface area (Å²) in [5.41, 5.74) is 5.69. The van der Waals surface area contributed by atoms with Gasteiger partial charge in [-0.15, -0.1) is 0 Å². The smallest absolute Gasteiger partial charge is 0.125 e. The molecule has 0 spiro atoms. The lowest BCUT2D eigenvalue weighted by molar-refractivity contribution is 0.0245. The quantitative estimate of drug-likeness (QED) is 0.547. The minimum atomic E-state index is 0.0305. The molecule has 1 N–H and O–H groups in total. The van der Waals surface area contributed by atoms with Gasteiger partial charge in [-0.25, -0.2) is 0 Å². The van der Waals surface area contributed by atoms with Crippen molar-refractivity contribution in [3.05, 3.63) is 27.8 Å². The van der Waals surface area contributed by atoms with Gasteiger partial charge >= 0.3 is 0 Å². The standard InChI is InChI=1S/C19H32O6/c1-14-17(12-21-4)15(2)19(16(3)18(14)13-22-5)25-11-10-24-9-8-23-7-6-20/h20H,6-13H2,1-5H3. The normalized spacial score (nSPS) is 11.1. The Morgan fingerprint density at radius 1 is 0.680 bits per heavy atom. The lowest BCUT2D eigenvalue weighted by Gasteiger charge is -2.22. The van der Waals surface area contributed by atoms with Crippen LogP contribution in [0.4, 0.5) is 0 Å². The third-order valence-electron chi connectivity index (χ3n) is 4.15. The van der Waals surface area contributed by atoms with E-state index in [1.54, 1.807) is 14.2 Å². The molecule has 6 nitrogen and oxygen atoms in total. The number of rotatable bonds is 13. The molecule has 0 aromatic heterocycles. The highest BCUT2D eigenvalue weighted by molar-refractivity contribution is 5.54. The van der Waals surface area contributed by atoms with Crippen molar-refractivity contribution in [3.63, 3.8) is 0 Å². The monoisotopic (exact) mass is 356 g/mol. The van der Waals surface area contributed by atoms with Crippen LogP contribution in [0.25, 0.3) is 0 Å². The largest absolute Gasteiger partial charge is 0.491 e. The van der Waals surface area contributed by atoms with Crippen molar-refractivity contribution in [2.75, 3.05) is 53.9 Å². The lowest BCUT2D eigenvalue weighted by Crippen LogP contribution is -2.14. The van der Waals surface area contributed by atoms with Crippen molar-refractivity contribution in [2.45, 2.75) is 34.0 Å². The van der Waals surface area contributed by atoms with Gasteiger partial charge in [-0.1, -0.05) is 0 Å². The fraction of sp³-hybridized carbons (Fsp3) is 0.684. The van der Waals surface area contributed by atoms with E-state index >= 15 is 0 Å². The van der Waals surface area contributed by atoms with Gasteiger partial charge in [0.25, 0.3) is 0 Å². The molecule has 0 amide bonds. The first-order valence-electron chi connectivity index (χ1n) is 8.56. The van der Waals surface area contributed by atoms with Gasteiger partial charge in [0.15, 0.2) is 0 Å². The number of benzene rings is 1. The van der Waals surface area contributed by atoms with Crippen molar-refractivity contribution in [2.24, 2.45) is 0 Å². The first-order valence-corrected chi connectivity index (χ1v) is 8.56. The van der Waals surface area contributed by atoms with Crippen LogP contribution in [0.3, 0.4) is 0 Å². The van der Waals surface area contributed by atoms with Crippen LogP contribution < -0.4 is 4.74 Å². The molecule has 0 aliphatic heterocycles. The highest BCUT2D eigenvalue weighted by atomic mass is 16.5. The third-order valence-corrected chi connectivity index (χ3v) is 4.15. The zero-order valence-corrected chi connectivity index (χ0v) is 16.1. The molecule has 144 valence electrons.